The number of aromatic nitrogens is 1. The van der Waals surface area contributed by atoms with Gasteiger partial charge in [-0.3, -0.25) is 9.73 Å². The quantitative estimate of drug-likeness (QED) is 0.678. The lowest BCUT2D eigenvalue weighted by Crippen LogP contribution is -1.93. The zero-order valence-electron chi connectivity index (χ0n) is 10.5. The third kappa shape index (κ3) is 1.93. The molecule has 0 unspecified atom stereocenters. The summed E-state index contributed by atoms with van der Waals surface area (Å²) < 4.78 is 4.94. The third-order valence-electron chi connectivity index (χ3n) is 3.10. The summed E-state index contributed by atoms with van der Waals surface area (Å²) in [5.41, 5.74) is 3.35. The summed E-state index contributed by atoms with van der Waals surface area (Å²) >= 11 is 0. The molecule has 0 bridgehead atoms. The molecule has 0 spiro atoms. The van der Waals surface area contributed by atoms with E-state index in [1.54, 1.807) is 0 Å². The van der Waals surface area contributed by atoms with Crippen LogP contribution in [0.3, 0.4) is 0 Å². The average molecular weight is 254 g/mol. The van der Waals surface area contributed by atoms with E-state index in [-0.39, 0.29) is 0 Å². The zero-order chi connectivity index (χ0) is 12.6. The van der Waals surface area contributed by atoms with Crippen molar-refractivity contribution in [3.63, 3.8) is 0 Å². The van der Waals surface area contributed by atoms with Crippen molar-refractivity contribution in [3.05, 3.63) is 59.9 Å². The molecule has 2 aromatic rings. The van der Waals surface area contributed by atoms with Gasteiger partial charge in [0.05, 0.1) is 11.4 Å². The van der Waals surface area contributed by atoms with Crippen molar-refractivity contribution < 1.29 is 0 Å². The normalized spacial score (nSPS) is 16.4. The Bertz CT molecular complexity index is 666. The highest BCUT2D eigenvalue weighted by Crippen LogP contribution is 2.60. The molecule has 90 valence electrons. The van der Waals surface area contributed by atoms with Crippen LogP contribution in [0.5, 0.6) is 0 Å². The van der Waals surface area contributed by atoms with Crippen molar-refractivity contribution in [3.8, 4) is 0 Å². The van der Waals surface area contributed by atoms with Gasteiger partial charge in [-0.15, -0.1) is 0 Å². The van der Waals surface area contributed by atoms with Crippen LogP contribution >= 0.6 is 7.05 Å². The summed E-state index contributed by atoms with van der Waals surface area (Å²) in [6.07, 6.45) is 4.09. The summed E-state index contributed by atoms with van der Waals surface area (Å²) in [4.78, 5) is 4.47. The fourth-order valence-electron chi connectivity index (χ4n) is 2.20. The van der Waals surface area contributed by atoms with E-state index in [2.05, 4.69) is 48.7 Å². The molecule has 0 fully saturated rings. The molecule has 1 aliphatic heterocycles. The summed E-state index contributed by atoms with van der Waals surface area (Å²) in [5, 5.41) is 1.28. The Kier molecular flexibility index (Phi) is 2.68. The molecule has 0 radical (unpaired) electrons. The average Bonchev–Trinajstić information content (AvgIpc) is 2.38. The maximum absolute atomic E-state index is 4.94. The van der Waals surface area contributed by atoms with Crippen LogP contribution in [0.2, 0.25) is 0 Å². The van der Waals surface area contributed by atoms with Crippen LogP contribution in [0.15, 0.2) is 53.4 Å². The van der Waals surface area contributed by atoms with E-state index in [0.29, 0.717) is 0 Å². The molecular weight excluding hydrogens is 239 g/mol. The van der Waals surface area contributed by atoms with Crippen LogP contribution in [-0.2, 0) is 0 Å². The summed E-state index contributed by atoms with van der Waals surface area (Å²) in [7, 11) is -1.48. The molecule has 1 aliphatic rings. The lowest BCUT2D eigenvalue weighted by Gasteiger charge is -2.23. The monoisotopic (exact) mass is 254 g/mol. The summed E-state index contributed by atoms with van der Waals surface area (Å²) in [6, 6.07) is 14.3. The molecule has 0 amide bonds. The Balaban J connectivity index is 2.23. The zero-order valence-corrected chi connectivity index (χ0v) is 11.4. The highest BCUT2D eigenvalue weighted by atomic mass is 31.2. The Morgan fingerprint density at radius 3 is 2.50 bits per heavy atom. The van der Waals surface area contributed by atoms with Crippen LogP contribution in [0, 0.1) is 0 Å². The second-order valence-corrected chi connectivity index (χ2v) is 8.27. The molecule has 0 saturated carbocycles. The maximum Gasteiger partial charge on any atom is 0.0720 e. The van der Waals surface area contributed by atoms with Gasteiger partial charge in [0.2, 0.25) is 0 Å². The van der Waals surface area contributed by atoms with Crippen molar-refractivity contribution >= 4 is 24.1 Å². The first-order valence-corrected chi connectivity index (χ1v) is 8.60. The van der Waals surface area contributed by atoms with Crippen LogP contribution in [0.4, 0.5) is 5.69 Å². The third-order valence-corrected chi connectivity index (χ3v) is 5.36. The second kappa shape index (κ2) is 4.22. The molecule has 3 heteroatoms. The van der Waals surface area contributed by atoms with E-state index < -0.39 is 7.05 Å². The Hall–Kier alpha value is -1.66. The predicted octanol–water partition coefficient (Wildman–Crippen LogP) is 4.69. The fraction of sp³-hybridized carbons (Fsp3) is 0.133. The second-order valence-electron chi connectivity index (χ2n) is 4.80. The number of fused-ring (bicyclic) bond motifs is 1. The SMILES string of the molecule is CP1(C)=Nc2ccccc2C=C1c1ccccn1. The molecule has 3 rings (SSSR count). The van der Waals surface area contributed by atoms with E-state index in [9.17, 15) is 0 Å². The van der Waals surface area contributed by atoms with Gasteiger partial charge in [0.25, 0.3) is 0 Å². The van der Waals surface area contributed by atoms with Gasteiger partial charge in [0, 0.05) is 24.1 Å². The van der Waals surface area contributed by atoms with Crippen LogP contribution in [-0.4, -0.2) is 18.3 Å². The van der Waals surface area contributed by atoms with Gasteiger partial charge < -0.3 is 0 Å². The highest BCUT2D eigenvalue weighted by molar-refractivity contribution is 7.75. The van der Waals surface area contributed by atoms with E-state index in [1.165, 1.54) is 10.9 Å². The predicted molar refractivity (Wildman–Crippen MR) is 79.4 cm³/mol. The number of benzene rings is 1. The van der Waals surface area contributed by atoms with E-state index in [0.717, 1.165) is 11.4 Å². The van der Waals surface area contributed by atoms with Crippen molar-refractivity contribution in [2.24, 2.45) is 4.74 Å². The highest BCUT2D eigenvalue weighted by Gasteiger charge is 2.20. The first kappa shape index (κ1) is 11.4. The van der Waals surface area contributed by atoms with Crippen molar-refractivity contribution in [1.82, 2.24) is 4.98 Å². The van der Waals surface area contributed by atoms with E-state index in [4.69, 9.17) is 4.74 Å². The summed E-state index contributed by atoms with van der Waals surface area (Å²) in [6.45, 7) is 4.48. The molecule has 1 aromatic heterocycles. The number of pyridine rings is 1. The van der Waals surface area contributed by atoms with Gasteiger partial charge in [0.1, 0.15) is 0 Å². The minimum absolute atomic E-state index is 1.05. The van der Waals surface area contributed by atoms with Gasteiger partial charge in [-0.05, 0) is 37.6 Å². The molecule has 18 heavy (non-hydrogen) atoms. The number of rotatable bonds is 1. The van der Waals surface area contributed by atoms with E-state index in [1.807, 2.05) is 24.4 Å². The lowest BCUT2D eigenvalue weighted by atomic mass is 10.1. The Morgan fingerprint density at radius 1 is 0.944 bits per heavy atom. The first-order valence-electron chi connectivity index (χ1n) is 5.97. The molecule has 1 aromatic carbocycles. The number of hydrogen-bond acceptors (Lipinski definition) is 2. The standard InChI is InChI=1S/C15H15N2P/c1-18(2)15(14-9-5-6-10-16-14)11-12-7-3-4-8-13(12)17-18/h3-11H,1-2H3. The topological polar surface area (TPSA) is 25.2 Å². The van der Waals surface area contributed by atoms with E-state index >= 15 is 0 Å². The molecule has 0 N–H and O–H groups in total. The fourth-order valence-corrected chi connectivity index (χ4v) is 4.17. The minimum Gasteiger partial charge on any atom is -0.263 e. The van der Waals surface area contributed by atoms with Crippen LogP contribution < -0.4 is 0 Å². The molecular formula is C15H15N2P. The number of nitrogens with zero attached hydrogens (tertiary/aromatic N) is 2. The molecule has 2 heterocycles. The van der Waals surface area contributed by atoms with Crippen molar-refractivity contribution in [2.75, 3.05) is 13.3 Å². The Morgan fingerprint density at radius 2 is 1.72 bits per heavy atom. The van der Waals surface area contributed by atoms with Gasteiger partial charge in [-0.2, -0.15) is 0 Å². The number of hydrogen-bond donors (Lipinski definition) is 0. The van der Waals surface area contributed by atoms with Gasteiger partial charge in [-0.25, -0.2) is 0 Å². The first-order chi connectivity index (χ1) is 8.67. The lowest BCUT2D eigenvalue weighted by molar-refractivity contribution is 1.29. The molecule has 0 aliphatic carbocycles. The minimum atomic E-state index is -1.48. The van der Waals surface area contributed by atoms with Crippen molar-refractivity contribution in [1.29, 1.82) is 0 Å². The van der Waals surface area contributed by atoms with Gasteiger partial charge in [0.15, 0.2) is 0 Å². The van der Waals surface area contributed by atoms with Gasteiger partial charge in [-0.1, -0.05) is 24.3 Å². The summed E-state index contributed by atoms with van der Waals surface area (Å²) in [5.74, 6) is 0. The largest absolute Gasteiger partial charge is 0.263 e. The van der Waals surface area contributed by atoms with Crippen LogP contribution in [0.25, 0.3) is 11.4 Å². The maximum atomic E-state index is 4.94. The Labute approximate surface area is 107 Å². The molecule has 0 atom stereocenters. The van der Waals surface area contributed by atoms with Gasteiger partial charge >= 0.3 is 0 Å². The van der Waals surface area contributed by atoms with Crippen molar-refractivity contribution in [2.45, 2.75) is 0 Å². The molecule has 0 saturated heterocycles. The molecule has 2 nitrogen and oxygen atoms in total. The smallest absolute Gasteiger partial charge is 0.0720 e. The van der Waals surface area contributed by atoms with Crippen LogP contribution in [0.1, 0.15) is 11.3 Å².